The van der Waals surface area contributed by atoms with Crippen molar-refractivity contribution in [3.63, 3.8) is 0 Å². The number of nitriles is 1. The minimum Gasteiger partial charge on any atom is -0.369 e. The van der Waals surface area contributed by atoms with Gasteiger partial charge in [0.25, 0.3) is 0 Å². The summed E-state index contributed by atoms with van der Waals surface area (Å²) in [5.74, 6) is -1.01. The third-order valence-electron chi connectivity index (χ3n) is 5.21. The molecule has 0 bridgehead atoms. The summed E-state index contributed by atoms with van der Waals surface area (Å²) in [6, 6.07) is 17.1. The second kappa shape index (κ2) is 9.28. The van der Waals surface area contributed by atoms with Crippen LogP contribution in [0.1, 0.15) is 16.7 Å². The fourth-order valence-corrected chi connectivity index (χ4v) is 4.94. The van der Waals surface area contributed by atoms with Gasteiger partial charge in [0.05, 0.1) is 11.6 Å². The Balaban J connectivity index is 1.56. The maximum absolute atomic E-state index is 12.8. The molecule has 2 aromatic rings. The Morgan fingerprint density at radius 1 is 1.10 bits per heavy atom. The number of piperazine rings is 1. The molecule has 0 unspecified atom stereocenters. The molecule has 158 valence electrons. The number of rotatable bonds is 6. The van der Waals surface area contributed by atoms with Crippen molar-refractivity contribution in [1.82, 2.24) is 9.21 Å². The summed E-state index contributed by atoms with van der Waals surface area (Å²) >= 11 is 0. The zero-order valence-electron chi connectivity index (χ0n) is 17.3. The first-order chi connectivity index (χ1) is 14.3. The number of aryl methyl sites for hydroxylation is 1. The van der Waals surface area contributed by atoms with Crippen molar-refractivity contribution in [2.45, 2.75) is 13.5 Å². The van der Waals surface area contributed by atoms with Crippen LogP contribution in [0.3, 0.4) is 0 Å². The number of amides is 1. The van der Waals surface area contributed by atoms with Gasteiger partial charge < -0.3 is 9.80 Å². The Labute approximate surface area is 178 Å². The average molecular weight is 427 g/mol. The first-order valence-electron chi connectivity index (χ1n) is 9.81. The third kappa shape index (κ3) is 5.38. The number of nitrogens with zero attached hydrogens (tertiary/aromatic N) is 4. The van der Waals surface area contributed by atoms with E-state index in [4.69, 9.17) is 5.26 Å². The van der Waals surface area contributed by atoms with E-state index in [1.807, 2.05) is 31.2 Å². The van der Waals surface area contributed by atoms with Gasteiger partial charge in [0.1, 0.15) is 5.75 Å². The molecule has 1 heterocycles. The summed E-state index contributed by atoms with van der Waals surface area (Å²) in [6.07, 6.45) is 0. The molecule has 0 saturated carbocycles. The van der Waals surface area contributed by atoms with Gasteiger partial charge in [0.15, 0.2) is 0 Å². The molecule has 1 amide bonds. The van der Waals surface area contributed by atoms with Crippen molar-refractivity contribution in [3.8, 4) is 6.07 Å². The Hall–Kier alpha value is -2.89. The van der Waals surface area contributed by atoms with Gasteiger partial charge in [0.2, 0.25) is 15.9 Å². The van der Waals surface area contributed by atoms with E-state index in [1.54, 1.807) is 25.2 Å². The minimum absolute atomic E-state index is 0.255. The van der Waals surface area contributed by atoms with Crippen LogP contribution in [0.15, 0.2) is 48.5 Å². The number of anilines is 1. The second-order valence-corrected chi connectivity index (χ2v) is 9.51. The fourth-order valence-electron chi connectivity index (χ4n) is 3.51. The van der Waals surface area contributed by atoms with Crippen molar-refractivity contribution < 1.29 is 13.2 Å². The number of hydrogen-bond donors (Lipinski definition) is 0. The van der Waals surface area contributed by atoms with Crippen molar-refractivity contribution >= 4 is 21.6 Å². The zero-order chi connectivity index (χ0) is 21.7. The lowest BCUT2D eigenvalue weighted by Crippen LogP contribution is -2.50. The van der Waals surface area contributed by atoms with Crippen LogP contribution < -0.4 is 4.90 Å². The minimum atomic E-state index is -3.68. The molecule has 0 atom stereocenters. The lowest BCUT2D eigenvalue weighted by molar-refractivity contribution is -0.127. The Kier molecular flexibility index (Phi) is 6.75. The molecular formula is C22H26N4O3S. The van der Waals surface area contributed by atoms with Crippen LogP contribution in [-0.4, -0.2) is 62.5 Å². The molecule has 8 heteroatoms. The molecule has 0 aromatic heterocycles. The molecule has 1 saturated heterocycles. The summed E-state index contributed by atoms with van der Waals surface area (Å²) in [6.45, 7) is 4.18. The average Bonchev–Trinajstić information content (AvgIpc) is 2.73. The van der Waals surface area contributed by atoms with Crippen molar-refractivity contribution in [2.24, 2.45) is 0 Å². The van der Waals surface area contributed by atoms with Gasteiger partial charge in [-0.1, -0.05) is 24.3 Å². The largest absolute Gasteiger partial charge is 0.369 e. The van der Waals surface area contributed by atoms with E-state index in [2.05, 4.69) is 17.0 Å². The van der Waals surface area contributed by atoms with Gasteiger partial charge >= 0.3 is 0 Å². The number of sulfonamides is 1. The highest BCUT2D eigenvalue weighted by molar-refractivity contribution is 7.89. The van der Waals surface area contributed by atoms with Gasteiger partial charge in [-0.05, 0) is 42.3 Å². The van der Waals surface area contributed by atoms with Crippen LogP contribution >= 0.6 is 0 Å². The molecule has 1 aliphatic rings. The zero-order valence-corrected chi connectivity index (χ0v) is 18.1. The van der Waals surface area contributed by atoms with Gasteiger partial charge in [-0.3, -0.25) is 4.79 Å². The Morgan fingerprint density at radius 2 is 1.80 bits per heavy atom. The summed E-state index contributed by atoms with van der Waals surface area (Å²) in [5, 5.41) is 8.99. The lowest BCUT2D eigenvalue weighted by atomic mass is 10.1. The molecule has 30 heavy (non-hydrogen) atoms. The monoisotopic (exact) mass is 426 g/mol. The van der Waals surface area contributed by atoms with Gasteiger partial charge in [0, 0.05) is 45.5 Å². The van der Waals surface area contributed by atoms with E-state index in [-0.39, 0.29) is 6.54 Å². The van der Waals surface area contributed by atoms with Crippen LogP contribution in [0.25, 0.3) is 0 Å². The molecule has 0 N–H and O–H groups in total. The Bertz CT molecular complexity index is 1050. The predicted molar refractivity (Wildman–Crippen MR) is 116 cm³/mol. The molecule has 7 nitrogen and oxygen atoms in total. The summed E-state index contributed by atoms with van der Waals surface area (Å²) in [5.41, 5.74) is 3.54. The van der Waals surface area contributed by atoms with Gasteiger partial charge in [-0.15, -0.1) is 0 Å². The van der Waals surface area contributed by atoms with Crippen LogP contribution in [0, 0.1) is 18.3 Å². The molecule has 0 radical (unpaired) electrons. The van der Waals surface area contributed by atoms with Crippen LogP contribution in [0.4, 0.5) is 5.69 Å². The fraction of sp³-hybridized carbons (Fsp3) is 0.364. The summed E-state index contributed by atoms with van der Waals surface area (Å²) in [7, 11) is -2.11. The smallest absolute Gasteiger partial charge is 0.239 e. The number of hydrogen-bond acceptors (Lipinski definition) is 5. The number of carbonyl (C=O) groups excluding carboxylic acids is 1. The first-order valence-corrected chi connectivity index (χ1v) is 11.4. The third-order valence-corrected chi connectivity index (χ3v) is 6.97. The van der Waals surface area contributed by atoms with E-state index >= 15 is 0 Å². The van der Waals surface area contributed by atoms with Crippen LogP contribution in [0.2, 0.25) is 0 Å². The maximum Gasteiger partial charge on any atom is 0.239 e. The molecule has 3 rings (SSSR count). The summed E-state index contributed by atoms with van der Waals surface area (Å²) in [4.78, 5) is 16.1. The van der Waals surface area contributed by atoms with Crippen LogP contribution in [0.5, 0.6) is 0 Å². The Morgan fingerprint density at radius 3 is 2.47 bits per heavy atom. The number of benzene rings is 2. The lowest BCUT2D eigenvalue weighted by Gasteiger charge is -2.35. The summed E-state index contributed by atoms with van der Waals surface area (Å²) < 4.78 is 26.9. The maximum atomic E-state index is 12.8. The molecule has 2 aromatic carbocycles. The SMILES string of the molecule is Cc1cccc(N2CCN(S(=O)(=O)CC(=O)N(C)Cc3cccc(C#N)c3)CC2)c1. The molecule has 1 aliphatic heterocycles. The number of carbonyl (C=O) groups is 1. The van der Waals surface area contributed by atoms with Crippen molar-refractivity contribution in [2.75, 3.05) is 43.9 Å². The quantitative estimate of drug-likeness (QED) is 0.705. The van der Waals surface area contributed by atoms with E-state index in [1.165, 1.54) is 9.21 Å². The second-order valence-electron chi connectivity index (χ2n) is 7.54. The highest BCUT2D eigenvalue weighted by atomic mass is 32.2. The van der Waals surface area contributed by atoms with Crippen LogP contribution in [-0.2, 0) is 21.4 Å². The van der Waals surface area contributed by atoms with E-state index in [0.717, 1.165) is 16.8 Å². The topological polar surface area (TPSA) is 84.7 Å². The normalized spacial score (nSPS) is 14.9. The molecule has 0 spiro atoms. The van der Waals surface area contributed by atoms with Gasteiger partial charge in [-0.2, -0.15) is 9.57 Å². The van der Waals surface area contributed by atoms with Crippen molar-refractivity contribution in [3.05, 3.63) is 65.2 Å². The molecular weight excluding hydrogens is 400 g/mol. The first kappa shape index (κ1) is 21.8. The van der Waals surface area contributed by atoms with E-state index in [9.17, 15) is 13.2 Å². The highest BCUT2D eigenvalue weighted by Crippen LogP contribution is 2.19. The molecule has 0 aliphatic carbocycles. The highest BCUT2D eigenvalue weighted by Gasteiger charge is 2.30. The van der Waals surface area contributed by atoms with E-state index in [0.29, 0.717) is 31.7 Å². The predicted octanol–water partition coefficient (Wildman–Crippen LogP) is 1.98. The molecule has 1 fully saturated rings. The van der Waals surface area contributed by atoms with Gasteiger partial charge in [-0.25, -0.2) is 8.42 Å². The van der Waals surface area contributed by atoms with Crippen molar-refractivity contribution in [1.29, 1.82) is 5.26 Å². The van der Waals surface area contributed by atoms with E-state index < -0.39 is 21.7 Å². The standard InChI is InChI=1S/C22H26N4O3S/c1-18-5-3-8-21(13-18)25-9-11-26(12-10-25)30(28,29)17-22(27)24(2)16-20-7-4-6-19(14-20)15-23/h3-8,13-14H,9-12,16-17H2,1-2H3.